The van der Waals surface area contributed by atoms with Crippen LogP contribution in [-0.2, 0) is 9.59 Å². The van der Waals surface area contributed by atoms with Gasteiger partial charge in [0.15, 0.2) is 0 Å². The molecule has 3 rings (SSSR count). The number of nitrogens with one attached hydrogen (secondary N) is 2. The van der Waals surface area contributed by atoms with Gasteiger partial charge in [-0.2, -0.15) is 0 Å². The van der Waals surface area contributed by atoms with E-state index in [0.717, 1.165) is 5.56 Å². The van der Waals surface area contributed by atoms with Crippen molar-refractivity contribution in [3.8, 4) is 11.5 Å². The van der Waals surface area contributed by atoms with Crippen molar-refractivity contribution in [2.75, 3.05) is 36.8 Å². The summed E-state index contributed by atoms with van der Waals surface area (Å²) in [7, 11) is 4.66. The van der Waals surface area contributed by atoms with Crippen LogP contribution in [0.4, 0.5) is 17.1 Å². The van der Waals surface area contributed by atoms with E-state index in [-0.39, 0.29) is 30.6 Å². The zero-order valence-electron chi connectivity index (χ0n) is 20.3. The first-order valence-electron chi connectivity index (χ1n) is 11.1. The molecule has 0 saturated heterocycles. The van der Waals surface area contributed by atoms with Gasteiger partial charge in [0.2, 0.25) is 11.8 Å². The molecule has 0 aliphatic rings. The van der Waals surface area contributed by atoms with Crippen LogP contribution in [0, 0.1) is 6.92 Å². The number of nitrogens with zero attached hydrogens (tertiary/aromatic N) is 1. The Morgan fingerprint density at radius 1 is 0.857 bits per heavy atom. The van der Waals surface area contributed by atoms with Crippen LogP contribution in [0.15, 0.2) is 66.7 Å². The number of aryl methyl sites for hydroxylation is 1. The molecule has 0 heterocycles. The van der Waals surface area contributed by atoms with Gasteiger partial charge in [-0.15, -0.1) is 0 Å². The van der Waals surface area contributed by atoms with Gasteiger partial charge in [-0.25, -0.2) is 0 Å². The van der Waals surface area contributed by atoms with E-state index >= 15 is 0 Å². The first-order valence-corrected chi connectivity index (χ1v) is 11.1. The molecule has 2 N–H and O–H groups in total. The highest BCUT2D eigenvalue weighted by Gasteiger charge is 2.20. The average molecular weight is 476 g/mol. The van der Waals surface area contributed by atoms with Crippen molar-refractivity contribution in [3.05, 3.63) is 77.9 Å². The third kappa shape index (κ3) is 6.60. The van der Waals surface area contributed by atoms with Crippen LogP contribution in [0.25, 0.3) is 0 Å². The van der Waals surface area contributed by atoms with Crippen molar-refractivity contribution in [2.45, 2.75) is 19.8 Å². The molecule has 0 aliphatic heterocycles. The minimum absolute atomic E-state index is 0.0154. The van der Waals surface area contributed by atoms with Crippen LogP contribution in [0.1, 0.15) is 28.8 Å². The molecule has 35 heavy (non-hydrogen) atoms. The Kier molecular flexibility index (Phi) is 8.45. The van der Waals surface area contributed by atoms with Crippen LogP contribution >= 0.6 is 0 Å². The molecule has 0 spiro atoms. The fourth-order valence-electron chi connectivity index (χ4n) is 3.51. The topological polar surface area (TPSA) is 97.0 Å². The minimum Gasteiger partial charge on any atom is -0.497 e. The number of methoxy groups -OCH3 is 2. The first-order chi connectivity index (χ1) is 16.8. The number of benzene rings is 3. The highest BCUT2D eigenvalue weighted by Crippen LogP contribution is 2.26. The zero-order chi connectivity index (χ0) is 25.4. The fourth-order valence-corrected chi connectivity index (χ4v) is 3.51. The summed E-state index contributed by atoms with van der Waals surface area (Å²) in [5.41, 5.74) is 2.87. The van der Waals surface area contributed by atoms with E-state index in [1.54, 1.807) is 68.8 Å². The van der Waals surface area contributed by atoms with Crippen molar-refractivity contribution >= 4 is 34.8 Å². The quantitative estimate of drug-likeness (QED) is 0.470. The highest BCUT2D eigenvalue weighted by molar-refractivity contribution is 6.10. The number of hydrogen-bond acceptors (Lipinski definition) is 5. The summed E-state index contributed by atoms with van der Waals surface area (Å²) in [6, 6.07) is 19.3. The number of carbonyl (C=O) groups excluding carboxylic acids is 3. The zero-order valence-corrected chi connectivity index (χ0v) is 20.3. The van der Waals surface area contributed by atoms with Gasteiger partial charge < -0.3 is 25.0 Å². The number of hydrogen-bond donors (Lipinski definition) is 2. The number of carbonyl (C=O) groups is 3. The SMILES string of the molecule is COc1cccc(NC(=O)c2ccccc2N(C)C(=O)CCC(=O)Nc2cc(C)ccc2OC)c1. The summed E-state index contributed by atoms with van der Waals surface area (Å²) in [5, 5.41) is 5.62. The largest absolute Gasteiger partial charge is 0.497 e. The Morgan fingerprint density at radius 2 is 1.63 bits per heavy atom. The molecule has 182 valence electrons. The van der Waals surface area contributed by atoms with Crippen molar-refractivity contribution in [1.82, 2.24) is 0 Å². The van der Waals surface area contributed by atoms with Gasteiger partial charge in [-0.1, -0.05) is 24.3 Å². The van der Waals surface area contributed by atoms with Crippen molar-refractivity contribution in [2.24, 2.45) is 0 Å². The molecule has 0 fully saturated rings. The van der Waals surface area contributed by atoms with E-state index in [0.29, 0.717) is 34.1 Å². The third-order valence-electron chi connectivity index (χ3n) is 5.41. The van der Waals surface area contributed by atoms with Gasteiger partial charge in [0.05, 0.1) is 31.2 Å². The van der Waals surface area contributed by atoms with Crippen LogP contribution in [0.5, 0.6) is 11.5 Å². The standard InChI is InChI=1S/C27H29N3O5/c1-18-12-13-24(35-4)22(16-18)29-25(31)14-15-26(32)30(2)23-11-6-5-10-21(23)27(33)28-19-8-7-9-20(17-19)34-3/h5-13,16-17H,14-15H2,1-4H3,(H,28,33)(H,29,31). The van der Waals surface area contributed by atoms with Crippen molar-refractivity contribution in [1.29, 1.82) is 0 Å². The fraction of sp³-hybridized carbons (Fsp3) is 0.222. The molecule has 8 heteroatoms. The Balaban J connectivity index is 1.65. The van der Waals surface area contributed by atoms with E-state index < -0.39 is 0 Å². The van der Waals surface area contributed by atoms with Crippen LogP contribution in [-0.4, -0.2) is 39.0 Å². The second-order valence-electron chi connectivity index (χ2n) is 7.91. The highest BCUT2D eigenvalue weighted by atomic mass is 16.5. The molecule has 3 amide bonds. The van der Waals surface area contributed by atoms with Crippen LogP contribution in [0.3, 0.4) is 0 Å². The number of anilines is 3. The van der Waals surface area contributed by atoms with Gasteiger partial charge in [0.25, 0.3) is 5.91 Å². The molecule has 8 nitrogen and oxygen atoms in total. The summed E-state index contributed by atoms with van der Waals surface area (Å²) >= 11 is 0. The lowest BCUT2D eigenvalue weighted by Gasteiger charge is -2.20. The van der Waals surface area contributed by atoms with Crippen molar-refractivity contribution < 1.29 is 23.9 Å². The monoisotopic (exact) mass is 475 g/mol. The smallest absolute Gasteiger partial charge is 0.257 e. The van der Waals surface area contributed by atoms with Gasteiger partial charge in [0, 0.05) is 31.6 Å². The number of para-hydroxylation sites is 1. The van der Waals surface area contributed by atoms with Gasteiger partial charge in [-0.3, -0.25) is 14.4 Å². The summed E-state index contributed by atoms with van der Waals surface area (Å²) in [4.78, 5) is 39.7. The molecule has 3 aromatic carbocycles. The lowest BCUT2D eigenvalue weighted by molar-refractivity contribution is -0.122. The van der Waals surface area contributed by atoms with E-state index in [2.05, 4.69) is 10.6 Å². The van der Waals surface area contributed by atoms with Gasteiger partial charge in [-0.05, 0) is 48.9 Å². The maximum atomic E-state index is 13.0. The second-order valence-corrected chi connectivity index (χ2v) is 7.91. The van der Waals surface area contributed by atoms with Crippen LogP contribution in [0.2, 0.25) is 0 Å². The van der Waals surface area contributed by atoms with E-state index in [9.17, 15) is 14.4 Å². The summed E-state index contributed by atoms with van der Waals surface area (Å²) in [6.45, 7) is 1.91. The van der Waals surface area contributed by atoms with Crippen LogP contribution < -0.4 is 25.0 Å². The van der Waals surface area contributed by atoms with E-state index in [1.807, 2.05) is 19.1 Å². The molecular formula is C27H29N3O5. The minimum atomic E-state index is -0.363. The Morgan fingerprint density at radius 3 is 2.37 bits per heavy atom. The Labute approximate surface area is 204 Å². The summed E-state index contributed by atoms with van der Waals surface area (Å²) < 4.78 is 10.5. The lowest BCUT2D eigenvalue weighted by atomic mass is 10.1. The molecule has 0 bridgehead atoms. The molecule has 0 unspecified atom stereocenters. The first kappa shape index (κ1) is 25.3. The molecule has 0 radical (unpaired) electrons. The molecule has 3 aromatic rings. The molecule has 0 saturated carbocycles. The molecule has 0 atom stereocenters. The maximum absolute atomic E-state index is 13.0. The van der Waals surface area contributed by atoms with Gasteiger partial charge in [0.1, 0.15) is 11.5 Å². The lowest BCUT2D eigenvalue weighted by Crippen LogP contribution is -2.29. The second kappa shape index (κ2) is 11.7. The normalized spacial score (nSPS) is 10.3. The maximum Gasteiger partial charge on any atom is 0.257 e. The van der Waals surface area contributed by atoms with E-state index in [1.165, 1.54) is 12.0 Å². The number of ether oxygens (including phenoxy) is 2. The predicted molar refractivity (Wildman–Crippen MR) is 136 cm³/mol. The Hall–Kier alpha value is -4.33. The molecule has 0 aliphatic carbocycles. The summed E-state index contributed by atoms with van der Waals surface area (Å²) in [5.74, 6) is 0.198. The third-order valence-corrected chi connectivity index (χ3v) is 5.41. The molecular weight excluding hydrogens is 446 g/mol. The number of rotatable bonds is 9. The predicted octanol–water partition coefficient (Wildman–Crippen LogP) is 4.65. The molecule has 0 aromatic heterocycles. The number of amides is 3. The van der Waals surface area contributed by atoms with E-state index in [4.69, 9.17) is 9.47 Å². The van der Waals surface area contributed by atoms with Gasteiger partial charge >= 0.3 is 0 Å². The summed E-state index contributed by atoms with van der Waals surface area (Å²) in [6.07, 6.45) is -0.0409. The van der Waals surface area contributed by atoms with Crippen molar-refractivity contribution in [3.63, 3.8) is 0 Å². The average Bonchev–Trinajstić information content (AvgIpc) is 2.87. The Bertz CT molecular complexity index is 1220.